The highest BCUT2D eigenvalue weighted by molar-refractivity contribution is 7.20. The molecule has 0 radical (unpaired) electrons. The fourth-order valence-corrected chi connectivity index (χ4v) is 6.39. The molecule has 12 heteroatoms. The summed E-state index contributed by atoms with van der Waals surface area (Å²) in [5.74, 6) is -2.15. The molecule has 4 N–H and O–H groups in total. The maximum atomic E-state index is 13.8. The molecular formula is C32H36N6O5S. The van der Waals surface area contributed by atoms with Crippen molar-refractivity contribution in [1.82, 2.24) is 30.8 Å². The average molecular weight is 617 g/mol. The van der Waals surface area contributed by atoms with Crippen molar-refractivity contribution < 1.29 is 24.0 Å². The number of Topliss-reactive ketones (excluding diaryl/α,β-unsaturated/α-hetero) is 1. The van der Waals surface area contributed by atoms with E-state index in [0.29, 0.717) is 41.4 Å². The summed E-state index contributed by atoms with van der Waals surface area (Å²) in [6, 6.07) is 12.2. The summed E-state index contributed by atoms with van der Waals surface area (Å²) in [6.45, 7) is 4.38. The number of nitrogens with one attached hydrogen (secondary N) is 4. The number of ketones is 1. The van der Waals surface area contributed by atoms with Crippen LogP contribution in [0.2, 0.25) is 0 Å². The van der Waals surface area contributed by atoms with E-state index < -0.39 is 29.8 Å². The number of para-hydroxylation sites is 1. The minimum absolute atomic E-state index is 0.0390. The Morgan fingerprint density at radius 1 is 1.05 bits per heavy atom. The van der Waals surface area contributed by atoms with Crippen LogP contribution in [-0.4, -0.2) is 77.0 Å². The lowest BCUT2D eigenvalue weighted by molar-refractivity contribution is -0.125. The number of rotatable bonds is 11. The van der Waals surface area contributed by atoms with Gasteiger partial charge in [-0.25, -0.2) is 4.98 Å². The lowest BCUT2D eigenvalue weighted by atomic mass is 9.95. The Morgan fingerprint density at radius 2 is 1.82 bits per heavy atom. The molecule has 2 aromatic heterocycles. The molecule has 3 heterocycles. The van der Waals surface area contributed by atoms with Crippen LogP contribution in [-0.2, 0) is 9.59 Å². The van der Waals surface area contributed by atoms with Gasteiger partial charge >= 0.3 is 0 Å². The van der Waals surface area contributed by atoms with E-state index in [0.717, 1.165) is 4.70 Å². The van der Waals surface area contributed by atoms with Crippen LogP contribution >= 0.6 is 11.3 Å². The van der Waals surface area contributed by atoms with Crippen molar-refractivity contribution in [2.75, 3.05) is 20.6 Å². The maximum absolute atomic E-state index is 13.8. The molecule has 1 aliphatic heterocycles. The highest BCUT2D eigenvalue weighted by atomic mass is 32.1. The third-order valence-corrected chi connectivity index (χ3v) is 8.75. The summed E-state index contributed by atoms with van der Waals surface area (Å²) in [7, 11) is 3.31. The minimum atomic E-state index is -1.00. The predicted molar refractivity (Wildman–Crippen MR) is 169 cm³/mol. The van der Waals surface area contributed by atoms with Crippen LogP contribution < -0.4 is 16.0 Å². The fourth-order valence-electron chi connectivity index (χ4n) is 5.43. The van der Waals surface area contributed by atoms with E-state index in [9.17, 15) is 24.0 Å². The number of H-pyrrole nitrogens is 1. The molecule has 4 amide bonds. The van der Waals surface area contributed by atoms with Crippen molar-refractivity contribution in [2.24, 2.45) is 11.8 Å². The molecule has 11 nitrogen and oxygen atoms in total. The van der Waals surface area contributed by atoms with Gasteiger partial charge < -0.3 is 25.8 Å². The number of aromatic nitrogens is 2. The summed E-state index contributed by atoms with van der Waals surface area (Å²) in [6.07, 6.45) is 0.997. The predicted octanol–water partition coefficient (Wildman–Crippen LogP) is 3.52. The molecule has 4 aromatic rings. The van der Waals surface area contributed by atoms with E-state index in [1.165, 1.54) is 16.2 Å². The Morgan fingerprint density at radius 3 is 2.50 bits per heavy atom. The number of hydrogen-bond acceptors (Lipinski definition) is 7. The molecule has 0 aliphatic carbocycles. The third kappa shape index (κ3) is 6.65. The smallest absolute Gasteiger partial charge is 0.268 e. The number of carbonyl (C=O) groups excluding carboxylic acids is 5. The molecule has 2 aromatic carbocycles. The molecular weight excluding hydrogens is 580 g/mol. The minimum Gasteiger partial charge on any atom is -0.356 e. The van der Waals surface area contributed by atoms with E-state index in [-0.39, 0.29) is 40.6 Å². The molecule has 0 unspecified atom stereocenters. The first-order chi connectivity index (χ1) is 21.0. The molecule has 1 fully saturated rings. The van der Waals surface area contributed by atoms with Gasteiger partial charge in [-0.1, -0.05) is 32.0 Å². The van der Waals surface area contributed by atoms with Crippen LogP contribution in [0.15, 0.2) is 48.5 Å². The van der Waals surface area contributed by atoms with Gasteiger partial charge in [0.2, 0.25) is 17.6 Å². The Bertz CT molecular complexity index is 1710. The number of benzene rings is 2. The van der Waals surface area contributed by atoms with Crippen LogP contribution in [0.25, 0.3) is 21.1 Å². The molecule has 0 spiro atoms. The zero-order valence-corrected chi connectivity index (χ0v) is 25.9. The van der Waals surface area contributed by atoms with Gasteiger partial charge in [-0.05, 0) is 55.5 Å². The summed E-state index contributed by atoms with van der Waals surface area (Å²) >= 11 is 1.24. The van der Waals surface area contributed by atoms with Crippen LogP contribution in [0, 0.1) is 11.8 Å². The largest absolute Gasteiger partial charge is 0.356 e. The van der Waals surface area contributed by atoms with E-state index >= 15 is 0 Å². The van der Waals surface area contributed by atoms with Crippen molar-refractivity contribution in [3.8, 4) is 0 Å². The van der Waals surface area contributed by atoms with E-state index in [2.05, 4.69) is 25.9 Å². The van der Waals surface area contributed by atoms with Crippen LogP contribution in [0.4, 0.5) is 0 Å². The third-order valence-electron chi connectivity index (χ3n) is 7.69. The Labute approximate surface area is 258 Å². The van der Waals surface area contributed by atoms with Gasteiger partial charge in [0.05, 0.1) is 16.3 Å². The molecule has 230 valence electrons. The molecule has 1 saturated heterocycles. The van der Waals surface area contributed by atoms with Crippen molar-refractivity contribution in [3.05, 3.63) is 64.8 Å². The first-order valence-corrected chi connectivity index (χ1v) is 15.5. The summed E-state index contributed by atoms with van der Waals surface area (Å²) in [5, 5.41) is 9.31. The molecule has 1 aliphatic rings. The number of hydrogen-bond donors (Lipinski definition) is 4. The Kier molecular flexibility index (Phi) is 9.09. The second-order valence-electron chi connectivity index (χ2n) is 11.7. The summed E-state index contributed by atoms with van der Waals surface area (Å²) < 4.78 is 0.846. The monoisotopic (exact) mass is 616 g/mol. The molecule has 0 bridgehead atoms. The number of aromatic amines is 1. The number of carbonyl (C=O) groups is 5. The number of nitrogens with zero attached hydrogens (tertiary/aromatic N) is 2. The van der Waals surface area contributed by atoms with E-state index in [4.69, 9.17) is 0 Å². The Balaban J connectivity index is 1.38. The quantitative estimate of drug-likeness (QED) is 0.189. The van der Waals surface area contributed by atoms with Gasteiger partial charge in [-0.2, -0.15) is 0 Å². The van der Waals surface area contributed by atoms with Crippen LogP contribution in [0.5, 0.6) is 0 Å². The maximum Gasteiger partial charge on any atom is 0.268 e. The zero-order chi connectivity index (χ0) is 31.5. The topological polar surface area (TPSA) is 153 Å². The molecule has 0 saturated carbocycles. The normalized spacial score (nSPS) is 16.1. The zero-order valence-electron chi connectivity index (χ0n) is 25.1. The van der Waals surface area contributed by atoms with Gasteiger partial charge in [-0.3, -0.25) is 24.0 Å². The Hall–Kier alpha value is -4.58. The second-order valence-corrected chi connectivity index (χ2v) is 12.8. The SMILES string of the molecule is CC(C)C[C@H](NC(=O)c1cc2c(C(=O)N(C)C)cccc2[nH]1)C(=O)N[C@@H](C[C@@H]1CCNC1=O)C(=O)c1nc2ccccc2s1. The van der Waals surface area contributed by atoms with E-state index in [1.54, 1.807) is 38.4 Å². The van der Waals surface area contributed by atoms with Crippen molar-refractivity contribution >= 4 is 61.9 Å². The second kappa shape index (κ2) is 13.0. The summed E-state index contributed by atoms with van der Waals surface area (Å²) in [5.41, 5.74) is 1.95. The lowest BCUT2D eigenvalue weighted by Crippen LogP contribution is -2.52. The van der Waals surface area contributed by atoms with Crippen LogP contribution in [0.1, 0.15) is 63.8 Å². The number of fused-ring (bicyclic) bond motifs is 2. The lowest BCUT2D eigenvalue weighted by Gasteiger charge is -2.24. The van der Waals surface area contributed by atoms with Gasteiger partial charge in [-0.15, -0.1) is 11.3 Å². The first kappa shape index (κ1) is 30.9. The van der Waals surface area contributed by atoms with Gasteiger partial charge in [0, 0.05) is 43.0 Å². The summed E-state index contributed by atoms with van der Waals surface area (Å²) in [4.78, 5) is 75.0. The number of amides is 4. The first-order valence-electron chi connectivity index (χ1n) is 14.6. The van der Waals surface area contributed by atoms with Crippen molar-refractivity contribution in [1.29, 1.82) is 0 Å². The van der Waals surface area contributed by atoms with Crippen molar-refractivity contribution in [2.45, 2.75) is 45.2 Å². The molecule has 44 heavy (non-hydrogen) atoms. The number of thiazole rings is 1. The molecule has 5 rings (SSSR count). The molecule has 3 atom stereocenters. The van der Waals surface area contributed by atoms with Gasteiger partial charge in [0.15, 0.2) is 5.01 Å². The highest BCUT2D eigenvalue weighted by Gasteiger charge is 2.35. The van der Waals surface area contributed by atoms with Gasteiger partial charge in [0.1, 0.15) is 11.7 Å². The van der Waals surface area contributed by atoms with E-state index in [1.807, 2.05) is 38.1 Å². The standard InChI is InChI=1S/C32H36N6O5S/c1-17(2)14-24(36-30(42)25-16-20-19(32(43)38(3)4)8-7-10-21(20)34-25)29(41)35-23(15-18-12-13-33-28(18)40)27(39)31-37-22-9-5-6-11-26(22)44-31/h5-11,16-18,23-24,34H,12-15H2,1-4H3,(H,33,40)(H,35,41)(H,36,42)/t18-,23-,24-/m0/s1. The van der Waals surface area contributed by atoms with Gasteiger partial charge in [0.25, 0.3) is 11.8 Å². The highest BCUT2D eigenvalue weighted by Crippen LogP contribution is 2.26. The van der Waals surface area contributed by atoms with Crippen molar-refractivity contribution in [3.63, 3.8) is 0 Å². The average Bonchev–Trinajstić information content (AvgIpc) is 3.73. The van der Waals surface area contributed by atoms with Crippen LogP contribution in [0.3, 0.4) is 0 Å². The fraction of sp³-hybridized carbons (Fsp3) is 0.375.